The first-order chi connectivity index (χ1) is 13.2. The molecule has 1 aromatic carbocycles. The van der Waals surface area contributed by atoms with Gasteiger partial charge in [-0.3, -0.25) is 9.59 Å². The predicted molar refractivity (Wildman–Crippen MR) is 100.0 cm³/mol. The summed E-state index contributed by atoms with van der Waals surface area (Å²) in [5.41, 5.74) is 1.63. The quantitative estimate of drug-likeness (QED) is 0.756. The monoisotopic (exact) mass is 361 g/mol. The predicted octanol–water partition coefficient (Wildman–Crippen LogP) is 2.25. The Balaban J connectivity index is 1.45. The van der Waals surface area contributed by atoms with E-state index in [9.17, 15) is 9.59 Å². The van der Waals surface area contributed by atoms with Crippen LogP contribution in [0, 0.1) is 5.92 Å². The van der Waals surface area contributed by atoms with E-state index >= 15 is 0 Å². The van der Waals surface area contributed by atoms with Crippen LogP contribution < -0.4 is 5.32 Å². The molecule has 0 bridgehead atoms. The molecule has 1 aliphatic heterocycles. The van der Waals surface area contributed by atoms with Crippen LogP contribution in [0.5, 0.6) is 0 Å². The number of likely N-dealkylation sites (tertiary alicyclic amines) is 1. The summed E-state index contributed by atoms with van der Waals surface area (Å²) in [5.74, 6) is -0.0222. The highest BCUT2D eigenvalue weighted by molar-refractivity contribution is 5.98. The summed E-state index contributed by atoms with van der Waals surface area (Å²) in [6.45, 7) is 0.936. The summed E-state index contributed by atoms with van der Waals surface area (Å²) in [4.78, 5) is 31.1. The van der Waals surface area contributed by atoms with Gasteiger partial charge in [-0.05, 0) is 23.8 Å². The van der Waals surface area contributed by atoms with Gasteiger partial charge in [0.15, 0.2) is 5.82 Å². The molecule has 1 saturated heterocycles. The third-order valence-corrected chi connectivity index (χ3v) is 4.57. The first-order valence-corrected chi connectivity index (χ1v) is 8.78. The number of rotatable bonds is 5. The van der Waals surface area contributed by atoms with Gasteiger partial charge in [0.25, 0.3) is 0 Å². The maximum Gasteiger partial charge on any atom is 0.229 e. The van der Waals surface area contributed by atoms with E-state index in [1.54, 1.807) is 46.4 Å². The number of carbonyl (C=O) groups excluding carboxylic acids is 2. The van der Waals surface area contributed by atoms with Crippen LogP contribution in [0.25, 0.3) is 5.82 Å². The van der Waals surface area contributed by atoms with Gasteiger partial charge in [-0.25, -0.2) is 9.67 Å². The molecule has 3 aromatic rings. The molecule has 1 aliphatic rings. The standard InChI is InChI=1S/C20H19N5O2/c26-18-12-16(14-24(18)13-15-6-2-1-3-7-15)20(27)23-17-8-4-9-21-19(17)25-11-5-10-22-25/h1-11,16H,12-14H2,(H,23,27). The Hall–Kier alpha value is -3.48. The lowest BCUT2D eigenvalue weighted by molar-refractivity contribution is -0.128. The largest absolute Gasteiger partial charge is 0.338 e. The molecule has 1 atom stereocenters. The van der Waals surface area contributed by atoms with E-state index in [0.29, 0.717) is 24.6 Å². The molecule has 7 heteroatoms. The second kappa shape index (κ2) is 7.41. The first kappa shape index (κ1) is 17.0. The second-order valence-electron chi connectivity index (χ2n) is 6.48. The first-order valence-electron chi connectivity index (χ1n) is 8.78. The Morgan fingerprint density at radius 1 is 1.11 bits per heavy atom. The molecule has 0 aliphatic carbocycles. The lowest BCUT2D eigenvalue weighted by atomic mass is 10.1. The third-order valence-electron chi connectivity index (χ3n) is 4.57. The Morgan fingerprint density at radius 2 is 1.96 bits per heavy atom. The zero-order valence-electron chi connectivity index (χ0n) is 14.7. The van der Waals surface area contributed by atoms with E-state index in [1.165, 1.54) is 0 Å². The minimum absolute atomic E-state index is 0.00232. The molecule has 2 amide bonds. The number of benzene rings is 1. The zero-order valence-corrected chi connectivity index (χ0v) is 14.7. The Morgan fingerprint density at radius 3 is 2.74 bits per heavy atom. The number of nitrogens with one attached hydrogen (secondary N) is 1. The SMILES string of the molecule is O=C(Nc1cccnc1-n1cccn1)C1CC(=O)N(Cc2ccccc2)C1. The number of amides is 2. The lowest BCUT2D eigenvalue weighted by Gasteiger charge is -2.17. The Kier molecular flexibility index (Phi) is 4.65. The molecule has 2 aromatic heterocycles. The van der Waals surface area contributed by atoms with Gasteiger partial charge >= 0.3 is 0 Å². The Labute approximate surface area is 156 Å². The molecule has 1 unspecified atom stereocenters. The van der Waals surface area contributed by atoms with E-state index in [4.69, 9.17) is 0 Å². The van der Waals surface area contributed by atoms with Crippen LogP contribution in [0.4, 0.5) is 5.69 Å². The minimum atomic E-state index is -0.383. The van der Waals surface area contributed by atoms with Crippen LogP contribution in [0.2, 0.25) is 0 Å². The summed E-state index contributed by atoms with van der Waals surface area (Å²) >= 11 is 0. The van der Waals surface area contributed by atoms with Crippen molar-refractivity contribution in [3.8, 4) is 5.82 Å². The van der Waals surface area contributed by atoms with Crippen LogP contribution >= 0.6 is 0 Å². The topological polar surface area (TPSA) is 80.1 Å². The van der Waals surface area contributed by atoms with Gasteiger partial charge in [-0.15, -0.1) is 0 Å². The molecule has 1 N–H and O–H groups in total. The van der Waals surface area contributed by atoms with Crippen LogP contribution in [0.15, 0.2) is 67.1 Å². The number of nitrogens with zero attached hydrogens (tertiary/aromatic N) is 4. The van der Waals surface area contributed by atoms with Gasteiger partial charge in [-0.2, -0.15) is 5.10 Å². The van der Waals surface area contributed by atoms with Gasteiger partial charge in [0, 0.05) is 38.1 Å². The van der Waals surface area contributed by atoms with Crippen molar-refractivity contribution in [3.63, 3.8) is 0 Å². The van der Waals surface area contributed by atoms with Gasteiger partial charge in [0.2, 0.25) is 11.8 Å². The molecule has 7 nitrogen and oxygen atoms in total. The van der Waals surface area contributed by atoms with E-state index in [0.717, 1.165) is 5.56 Å². The Bertz CT molecular complexity index is 940. The van der Waals surface area contributed by atoms with Gasteiger partial charge in [0.1, 0.15) is 0 Å². The second-order valence-corrected chi connectivity index (χ2v) is 6.48. The van der Waals surface area contributed by atoms with Crippen molar-refractivity contribution in [3.05, 3.63) is 72.7 Å². The smallest absolute Gasteiger partial charge is 0.229 e. The van der Waals surface area contributed by atoms with Gasteiger partial charge in [-0.1, -0.05) is 30.3 Å². The van der Waals surface area contributed by atoms with Crippen molar-refractivity contribution in [1.82, 2.24) is 19.7 Å². The molecular weight excluding hydrogens is 342 g/mol. The van der Waals surface area contributed by atoms with Crippen LogP contribution in [0.3, 0.4) is 0 Å². The van der Waals surface area contributed by atoms with Crippen molar-refractivity contribution in [1.29, 1.82) is 0 Å². The summed E-state index contributed by atoms with van der Waals surface area (Å²) in [5, 5.41) is 7.07. The zero-order chi connectivity index (χ0) is 18.6. The fourth-order valence-electron chi connectivity index (χ4n) is 3.21. The van der Waals surface area contributed by atoms with E-state index in [-0.39, 0.29) is 24.2 Å². The van der Waals surface area contributed by atoms with Gasteiger partial charge in [0.05, 0.1) is 11.6 Å². The summed E-state index contributed by atoms with van der Waals surface area (Å²) < 4.78 is 1.59. The van der Waals surface area contributed by atoms with Crippen LogP contribution in [0.1, 0.15) is 12.0 Å². The number of aromatic nitrogens is 3. The summed E-state index contributed by atoms with van der Waals surface area (Å²) in [6.07, 6.45) is 5.28. The number of anilines is 1. The lowest BCUT2D eigenvalue weighted by Crippen LogP contribution is -2.28. The molecule has 0 saturated carbocycles. The number of pyridine rings is 1. The number of hydrogen-bond acceptors (Lipinski definition) is 4. The summed E-state index contributed by atoms with van der Waals surface area (Å²) in [6, 6.07) is 15.1. The highest BCUT2D eigenvalue weighted by atomic mass is 16.2. The van der Waals surface area contributed by atoms with Crippen molar-refractivity contribution < 1.29 is 9.59 Å². The van der Waals surface area contributed by atoms with E-state index < -0.39 is 0 Å². The average molecular weight is 361 g/mol. The highest BCUT2D eigenvalue weighted by Gasteiger charge is 2.34. The molecule has 0 radical (unpaired) electrons. The third kappa shape index (κ3) is 3.72. The van der Waals surface area contributed by atoms with Gasteiger partial charge < -0.3 is 10.2 Å². The minimum Gasteiger partial charge on any atom is -0.338 e. The van der Waals surface area contributed by atoms with Crippen LogP contribution in [-0.4, -0.2) is 38.0 Å². The average Bonchev–Trinajstić information content (AvgIpc) is 3.34. The molecule has 27 heavy (non-hydrogen) atoms. The van der Waals surface area contributed by atoms with E-state index in [1.807, 2.05) is 30.3 Å². The molecule has 136 valence electrons. The molecular formula is C20H19N5O2. The molecule has 4 rings (SSSR count). The fourth-order valence-corrected chi connectivity index (χ4v) is 3.21. The van der Waals surface area contributed by atoms with Crippen molar-refractivity contribution in [2.45, 2.75) is 13.0 Å². The van der Waals surface area contributed by atoms with Crippen molar-refractivity contribution in [2.24, 2.45) is 5.92 Å². The molecule has 0 spiro atoms. The van der Waals surface area contributed by atoms with Crippen molar-refractivity contribution >= 4 is 17.5 Å². The van der Waals surface area contributed by atoms with Crippen molar-refractivity contribution in [2.75, 3.05) is 11.9 Å². The normalized spacial score (nSPS) is 16.5. The fraction of sp³-hybridized carbons (Fsp3) is 0.200. The van der Waals surface area contributed by atoms with E-state index in [2.05, 4.69) is 15.4 Å². The highest BCUT2D eigenvalue weighted by Crippen LogP contribution is 2.23. The maximum atomic E-state index is 12.7. The number of hydrogen-bond donors (Lipinski definition) is 1. The number of carbonyl (C=O) groups is 2. The summed E-state index contributed by atoms with van der Waals surface area (Å²) in [7, 11) is 0. The molecule has 3 heterocycles. The maximum absolute atomic E-state index is 12.7. The molecule has 1 fully saturated rings. The van der Waals surface area contributed by atoms with Crippen LogP contribution in [-0.2, 0) is 16.1 Å².